The van der Waals surface area contributed by atoms with Crippen LogP contribution in [0.5, 0.6) is 5.75 Å². The first-order valence-electron chi connectivity index (χ1n) is 8.25. The third-order valence-corrected chi connectivity index (χ3v) is 4.16. The Morgan fingerprint density at radius 1 is 1.31 bits per heavy atom. The van der Waals surface area contributed by atoms with Gasteiger partial charge in [0.2, 0.25) is 5.89 Å². The number of carbonyl (C=O) groups excluding carboxylic acids is 1. The summed E-state index contributed by atoms with van der Waals surface area (Å²) in [6, 6.07) is 12.9. The number of carbonyl (C=O) groups is 1. The fraction of sp³-hybridized carbons (Fsp3) is 0.200. The normalized spacial score (nSPS) is 11.7. The minimum Gasteiger partial charge on any atom is -0.550 e. The van der Waals surface area contributed by atoms with Gasteiger partial charge in [-0.05, 0) is 42.8 Å². The first kappa shape index (κ1) is 18.2. The zero-order valence-corrected chi connectivity index (χ0v) is 15.8. The van der Waals surface area contributed by atoms with Crippen molar-refractivity contribution in [3.05, 3.63) is 58.4 Å². The molecule has 0 amide bonds. The highest BCUT2D eigenvalue weighted by molar-refractivity contribution is 9.10. The number of halogens is 1. The number of carboxylic acid groups (broad SMARTS) is 1. The average molecular weight is 415 g/mol. The predicted octanol–water partition coefficient (Wildman–Crippen LogP) is 4.06. The molecule has 0 fully saturated rings. The number of fused-ring (bicyclic) bond motifs is 1. The van der Waals surface area contributed by atoms with E-state index in [4.69, 9.17) is 9.15 Å². The summed E-state index contributed by atoms with van der Waals surface area (Å²) in [4.78, 5) is 15.6. The molecular weight excluding hydrogens is 398 g/mol. The number of aromatic nitrogens is 1. The van der Waals surface area contributed by atoms with Crippen LogP contribution in [0.3, 0.4) is 0 Å². The summed E-state index contributed by atoms with van der Waals surface area (Å²) >= 11 is 3.44. The van der Waals surface area contributed by atoms with Crippen molar-refractivity contribution in [2.45, 2.75) is 19.8 Å². The van der Waals surface area contributed by atoms with Gasteiger partial charge in [0.1, 0.15) is 11.3 Å². The molecule has 1 aromatic heterocycles. The first-order valence-corrected chi connectivity index (χ1v) is 9.05. The van der Waals surface area contributed by atoms with E-state index >= 15 is 0 Å². The molecule has 0 bridgehead atoms. The first-order chi connectivity index (χ1) is 12.6. The van der Waals surface area contributed by atoms with E-state index in [1.54, 1.807) is 12.1 Å². The van der Waals surface area contributed by atoms with Crippen LogP contribution in [0.4, 0.5) is 0 Å². The number of ether oxygens (including phenoxy) is 1. The summed E-state index contributed by atoms with van der Waals surface area (Å²) < 4.78 is 12.4. The Kier molecular flexibility index (Phi) is 5.73. The Bertz CT molecular complexity index is 928. The third kappa shape index (κ3) is 4.32. The van der Waals surface area contributed by atoms with Crippen LogP contribution in [-0.2, 0) is 4.79 Å². The van der Waals surface area contributed by atoms with Crippen LogP contribution in [0.25, 0.3) is 22.7 Å². The fourth-order valence-electron chi connectivity index (χ4n) is 2.52. The van der Waals surface area contributed by atoms with E-state index in [0.717, 1.165) is 16.5 Å². The summed E-state index contributed by atoms with van der Waals surface area (Å²) in [6.45, 7) is 2.59. The number of carboxylic acids is 1. The van der Waals surface area contributed by atoms with Crippen molar-refractivity contribution >= 4 is 44.6 Å². The zero-order chi connectivity index (χ0) is 18.5. The van der Waals surface area contributed by atoms with Crippen LogP contribution in [0.15, 0.2) is 51.4 Å². The third-order valence-electron chi connectivity index (χ3n) is 3.67. The van der Waals surface area contributed by atoms with Gasteiger partial charge in [-0.25, -0.2) is 4.98 Å². The largest absolute Gasteiger partial charge is 0.550 e. The lowest BCUT2D eigenvalue weighted by Gasteiger charge is -2.11. The fourth-order valence-corrected chi connectivity index (χ4v) is 2.90. The number of hydrogen-bond acceptors (Lipinski definition) is 5. The van der Waals surface area contributed by atoms with Gasteiger partial charge in [-0.2, -0.15) is 0 Å². The number of rotatable bonds is 7. The molecule has 0 aliphatic carbocycles. The van der Waals surface area contributed by atoms with E-state index in [1.165, 1.54) is 0 Å². The Hall–Kier alpha value is -2.60. The lowest BCUT2D eigenvalue weighted by atomic mass is 10.1. The maximum absolute atomic E-state index is 11.3. The molecular formula is C20H17BrNO4-. The van der Waals surface area contributed by atoms with Gasteiger partial charge in [0.15, 0.2) is 5.58 Å². The lowest BCUT2D eigenvalue weighted by Crippen LogP contribution is -2.22. The quantitative estimate of drug-likeness (QED) is 0.582. The number of hydrogen-bond donors (Lipinski definition) is 0. The standard InChI is InChI=1S/C20H18BrNO4/c1-2-9-25-17-8-7-15(21)11-13(17)10-14(12-19(23)24)20-22-16-5-3-4-6-18(16)26-20/h3-8,10-11H,2,9,12H2,1H3,(H,23,24)/p-1/b14-10+. The van der Waals surface area contributed by atoms with E-state index in [9.17, 15) is 9.90 Å². The Labute approximate surface area is 159 Å². The topological polar surface area (TPSA) is 75.4 Å². The SMILES string of the molecule is CCCOc1ccc(Br)cc1/C=C(\CC(=O)[O-])c1nc2ccccc2o1. The van der Waals surface area contributed by atoms with E-state index in [0.29, 0.717) is 29.0 Å². The van der Waals surface area contributed by atoms with Gasteiger partial charge in [0, 0.05) is 28.0 Å². The van der Waals surface area contributed by atoms with Gasteiger partial charge in [-0.3, -0.25) is 0 Å². The average Bonchev–Trinajstić information content (AvgIpc) is 3.04. The van der Waals surface area contributed by atoms with Crippen molar-refractivity contribution < 1.29 is 19.1 Å². The van der Waals surface area contributed by atoms with Crippen molar-refractivity contribution in [2.75, 3.05) is 6.61 Å². The molecule has 26 heavy (non-hydrogen) atoms. The molecule has 0 radical (unpaired) electrons. The van der Waals surface area contributed by atoms with Crippen LogP contribution in [0.2, 0.25) is 0 Å². The second-order valence-electron chi connectivity index (χ2n) is 5.74. The summed E-state index contributed by atoms with van der Waals surface area (Å²) in [7, 11) is 0. The molecule has 0 saturated carbocycles. The number of para-hydroxylation sites is 2. The predicted molar refractivity (Wildman–Crippen MR) is 101 cm³/mol. The molecule has 0 spiro atoms. The van der Waals surface area contributed by atoms with Crippen molar-refractivity contribution in [2.24, 2.45) is 0 Å². The number of aliphatic carboxylic acids is 1. The second kappa shape index (κ2) is 8.19. The summed E-state index contributed by atoms with van der Waals surface area (Å²) in [5, 5.41) is 11.3. The van der Waals surface area contributed by atoms with Crippen LogP contribution in [0.1, 0.15) is 31.2 Å². The van der Waals surface area contributed by atoms with Gasteiger partial charge in [-0.1, -0.05) is 35.0 Å². The number of benzene rings is 2. The van der Waals surface area contributed by atoms with Crippen molar-refractivity contribution in [1.82, 2.24) is 4.98 Å². The van der Waals surface area contributed by atoms with E-state index in [1.807, 2.05) is 43.3 Å². The lowest BCUT2D eigenvalue weighted by molar-refractivity contribution is -0.304. The molecule has 0 aliphatic heterocycles. The Balaban J connectivity index is 2.07. The molecule has 0 N–H and O–H groups in total. The molecule has 2 aromatic carbocycles. The molecule has 0 atom stereocenters. The zero-order valence-electron chi connectivity index (χ0n) is 14.2. The van der Waals surface area contributed by atoms with E-state index < -0.39 is 5.97 Å². The molecule has 6 heteroatoms. The van der Waals surface area contributed by atoms with Crippen molar-refractivity contribution in [3.63, 3.8) is 0 Å². The molecule has 0 saturated heterocycles. The highest BCUT2D eigenvalue weighted by atomic mass is 79.9. The van der Waals surface area contributed by atoms with Gasteiger partial charge in [-0.15, -0.1) is 0 Å². The summed E-state index contributed by atoms with van der Waals surface area (Å²) in [5.41, 5.74) is 2.43. The van der Waals surface area contributed by atoms with Crippen molar-refractivity contribution in [1.29, 1.82) is 0 Å². The molecule has 3 aromatic rings. The van der Waals surface area contributed by atoms with Gasteiger partial charge in [0.25, 0.3) is 0 Å². The van der Waals surface area contributed by atoms with Gasteiger partial charge >= 0.3 is 0 Å². The molecule has 134 valence electrons. The minimum atomic E-state index is -1.20. The number of oxazole rings is 1. The molecule has 5 nitrogen and oxygen atoms in total. The van der Waals surface area contributed by atoms with Gasteiger partial charge < -0.3 is 19.1 Å². The Morgan fingerprint density at radius 3 is 2.85 bits per heavy atom. The maximum atomic E-state index is 11.3. The van der Waals surface area contributed by atoms with Crippen LogP contribution in [-0.4, -0.2) is 17.6 Å². The van der Waals surface area contributed by atoms with Gasteiger partial charge in [0.05, 0.1) is 6.61 Å². The highest BCUT2D eigenvalue weighted by Crippen LogP contribution is 2.30. The monoisotopic (exact) mass is 414 g/mol. The van der Waals surface area contributed by atoms with E-state index in [-0.39, 0.29) is 12.3 Å². The van der Waals surface area contributed by atoms with Crippen LogP contribution < -0.4 is 9.84 Å². The van der Waals surface area contributed by atoms with E-state index in [2.05, 4.69) is 20.9 Å². The second-order valence-corrected chi connectivity index (χ2v) is 6.65. The summed E-state index contributed by atoms with van der Waals surface area (Å²) in [5.74, 6) is -0.275. The van der Waals surface area contributed by atoms with Crippen LogP contribution >= 0.6 is 15.9 Å². The molecule has 0 unspecified atom stereocenters. The minimum absolute atomic E-state index is 0.261. The highest BCUT2D eigenvalue weighted by Gasteiger charge is 2.13. The molecule has 0 aliphatic rings. The maximum Gasteiger partial charge on any atom is 0.223 e. The molecule has 3 rings (SSSR count). The Morgan fingerprint density at radius 2 is 2.12 bits per heavy atom. The van der Waals surface area contributed by atoms with Crippen LogP contribution in [0, 0.1) is 0 Å². The smallest absolute Gasteiger partial charge is 0.223 e. The molecule has 1 heterocycles. The van der Waals surface area contributed by atoms with Crippen molar-refractivity contribution in [3.8, 4) is 5.75 Å². The number of nitrogens with zero attached hydrogens (tertiary/aromatic N) is 1. The summed E-state index contributed by atoms with van der Waals surface area (Å²) in [6.07, 6.45) is 2.28.